The Morgan fingerprint density at radius 3 is 1.85 bits per heavy atom. The highest BCUT2D eigenvalue weighted by Gasteiger charge is 2.28. The molecule has 0 spiro atoms. The second-order valence-corrected chi connectivity index (χ2v) is 5.69. The van der Waals surface area contributed by atoms with Gasteiger partial charge in [0.2, 0.25) is 0 Å². The number of hydrogen-bond donors (Lipinski definition) is 6. The summed E-state index contributed by atoms with van der Waals surface area (Å²) in [4.78, 5) is 18.5. The zero-order chi connectivity index (χ0) is 20.1. The first-order chi connectivity index (χ1) is 13.0. The first-order valence-corrected chi connectivity index (χ1v) is 8.36. The van der Waals surface area contributed by atoms with E-state index in [9.17, 15) is 4.79 Å². The van der Waals surface area contributed by atoms with Gasteiger partial charge in [0.1, 0.15) is 24.6 Å². The van der Waals surface area contributed by atoms with E-state index in [0.717, 1.165) is 24.5 Å². The Morgan fingerprint density at radius 2 is 1.48 bits per heavy atom. The van der Waals surface area contributed by atoms with Crippen molar-refractivity contribution in [2.45, 2.75) is 37.4 Å². The lowest BCUT2D eigenvalue weighted by Crippen LogP contribution is -2.49. The SMILES string of the molecule is N[C@@H](C=O)[C@@H](O)[C@H](O)[C@H](O)CO.c1ccc(CNCc2ccccn2)nc1. The van der Waals surface area contributed by atoms with Gasteiger partial charge in [-0.25, -0.2) is 0 Å². The van der Waals surface area contributed by atoms with Gasteiger partial charge in [-0.2, -0.15) is 0 Å². The fourth-order valence-corrected chi connectivity index (χ4v) is 1.97. The number of rotatable bonds is 9. The van der Waals surface area contributed by atoms with E-state index in [1.54, 1.807) is 12.4 Å². The number of aliphatic hydroxyl groups is 4. The standard InChI is InChI=1S/C12H13N3.C6H13NO5/c1-3-7-14-11(5-1)9-13-10-12-6-2-4-8-15-12;7-3(1-8)5(11)6(12)4(10)2-9/h1-8,13H,9-10H2;1,3-6,9-12H,2,7H2/t;3-,4+,5+,6+/m.0/s1. The molecule has 9 nitrogen and oxygen atoms in total. The van der Waals surface area contributed by atoms with E-state index in [2.05, 4.69) is 15.3 Å². The van der Waals surface area contributed by atoms with E-state index in [4.69, 9.17) is 26.2 Å². The molecule has 0 fully saturated rings. The predicted molar refractivity (Wildman–Crippen MR) is 98.2 cm³/mol. The van der Waals surface area contributed by atoms with Gasteiger partial charge in [-0.15, -0.1) is 0 Å². The molecule has 2 aromatic rings. The van der Waals surface area contributed by atoms with Crippen LogP contribution in [0.1, 0.15) is 11.4 Å². The molecule has 7 N–H and O–H groups in total. The number of carbonyl (C=O) groups is 1. The number of aromatic nitrogens is 2. The summed E-state index contributed by atoms with van der Waals surface area (Å²) in [6.45, 7) is 0.846. The monoisotopic (exact) mass is 378 g/mol. The number of aliphatic hydroxyl groups excluding tert-OH is 4. The maximum absolute atomic E-state index is 10.0. The van der Waals surface area contributed by atoms with Gasteiger partial charge in [-0.1, -0.05) is 12.1 Å². The van der Waals surface area contributed by atoms with Crippen LogP contribution >= 0.6 is 0 Å². The van der Waals surface area contributed by atoms with Crippen LogP contribution in [-0.2, 0) is 17.9 Å². The molecule has 0 bridgehead atoms. The van der Waals surface area contributed by atoms with Crippen molar-refractivity contribution in [3.8, 4) is 0 Å². The topological polar surface area (TPSA) is 162 Å². The van der Waals surface area contributed by atoms with Crippen molar-refractivity contribution >= 4 is 6.29 Å². The number of carbonyl (C=O) groups excluding carboxylic acids is 1. The third-order valence-electron chi connectivity index (χ3n) is 3.55. The molecule has 9 heteroatoms. The van der Waals surface area contributed by atoms with E-state index in [1.165, 1.54) is 0 Å². The predicted octanol–water partition coefficient (Wildman–Crippen LogP) is -1.65. The van der Waals surface area contributed by atoms with E-state index in [1.807, 2.05) is 36.4 Å². The van der Waals surface area contributed by atoms with Crippen LogP contribution < -0.4 is 11.1 Å². The summed E-state index contributed by atoms with van der Waals surface area (Å²) < 4.78 is 0. The fourth-order valence-electron chi connectivity index (χ4n) is 1.97. The third kappa shape index (κ3) is 8.78. The molecule has 0 amide bonds. The molecule has 0 aliphatic rings. The first-order valence-electron chi connectivity index (χ1n) is 8.36. The van der Waals surface area contributed by atoms with E-state index in [-0.39, 0.29) is 6.29 Å². The summed E-state index contributed by atoms with van der Waals surface area (Å²) in [5.74, 6) is 0. The zero-order valence-electron chi connectivity index (χ0n) is 14.8. The first kappa shape index (κ1) is 22.8. The summed E-state index contributed by atoms with van der Waals surface area (Å²) >= 11 is 0. The van der Waals surface area contributed by atoms with Crippen molar-refractivity contribution in [2.24, 2.45) is 5.73 Å². The van der Waals surface area contributed by atoms with Gasteiger partial charge in [0.15, 0.2) is 0 Å². The normalized spacial score (nSPS) is 15.0. The molecule has 0 saturated heterocycles. The minimum Gasteiger partial charge on any atom is -0.394 e. The highest BCUT2D eigenvalue weighted by Crippen LogP contribution is 2.01. The van der Waals surface area contributed by atoms with Crippen LogP contribution in [0.3, 0.4) is 0 Å². The molecule has 0 radical (unpaired) electrons. The van der Waals surface area contributed by atoms with Gasteiger partial charge in [-0.05, 0) is 24.3 Å². The van der Waals surface area contributed by atoms with Gasteiger partial charge in [-0.3, -0.25) is 9.97 Å². The second kappa shape index (κ2) is 13.0. The van der Waals surface area contributed by atoms with Crippen LogP contribution in [-0.4, -0.2) is 67.6 Å². The molecule has 0 saturated carbocycles. The number of pyridine rings is 2. The number of hydrogen-bond acceptors (Lipinski definition) is 9. The molecule has 4 atom stereocenters. The minimum absolute atomic E-state index is 0.248. The van der Waals surface area contributed by atoms with Crippen molar-refractivity contribution < 1.29 is 25.2 Å². The van der Waals surface area contributed by atoms with Crippen molar-refractivity contribution in [3.05, 3.63) is 60.2 Å². The lowest BCUT2D eigenvalue weighted by atomic mass is 10.0. The van der Waals surface area contributed by atoms with Crippen molar-refractivity contribution in [2.75, 3.05) is 6.61 Å². The highest BCUT2D eigenvalue weighted by atomic mass is 16.4. The largest absolute Gasteiger partial charge is 0.394 e. The van der Waals surface area contributed by atoms with Crippen LogP contribution in [0.25, 0.3) is 0 Å². The minimum atomic E-state index is -1.62. The van der Waals surface area contributed by atoms with Crippen molar-refractivity contribution in [1.29, 1.82) is 0 Å². The summed E-state index contributed by atoms with van der Waals surface area (Å²) in [6, 6.07) is 10.6. The molecule has 148 valence electrons. The van der Waals surface area contributed by atoms with Crippen LogP contribution in [0.4, 0.5) is 0 Å². The number of aldehydes is 1. The van der Waals surface area contributed by atoms with Gasteiger partial charge < -0.3 is 36.3 Å². The average Bonchev–Trinajstić information content (AvgIpc) is 2.73. The second-order valence-electron chi connectivity index (χ2n) is 5.69. The lowest BCUT2D eigenvalue weighted by Gasteiger charge is -2.23. The molecule has 2 aromatic heterocycles. The molecule has 0 aliphatic carbocycles. The smallest absolute Gasteiger partial charge is 0.139 e. The van der Waals surface area contributed by atoms with E-state index < -0.39 is 31.0 Å². The Balaban J connectivity index is 0.000000279. The molecule has 2 rings (SSSR count). The van der Waals surface area contributed by atoms with Gasteiger partial charge in [0.25, 0.3) is 0 Å². The molecular formula is C18H26N4O5. The van der Waals surface area contributed by atoms with Gasteiger partial charge in [0, 0.05) is 25.5 Å². The van der Waals surface area contributed by atoms with Gasteiger partial charge >= 0.3 is 0 Å². The number of nitrogens with zero attached hydrogens (tertiary/aromatic N) is 2. The Hall–Kier alpha value is -2.27. The quantitative estimate of drug-likeness (QED) is 0.281. The molecule has 0 aromatic carbocycles. The van der Waals surface area contributed by atoms with Crippen LogP contribution in [0.5, 0.6) is 0 Å². The average molecular weight is 378 g/mol. The summed E-state index contributed by atoms with van der Waals surface area (Å²) in [5.41, 5.74) is 7.14. The Labute approximate surface area is 157 Å². The Kier molecular flexibility index (Phi) is 10.9. The van der Waals surface area contributed by atoms with Crippen LogP contribution in [0.2, 0.25) is 0 Å². The van der Waals surface area contributed by atoms with Crippen LogP contribution in [0, 0.1) is 0 Å². The summed E-state index contributed by atoms with van der Waals surface area (Å²) in [6.07, 6.45) is -0.820. The highest BCUT2D eigenvalue weighted by molar-refractivity contribution is 5.58. The Morgan fingerprint density at radius 1 is 0.963 bits per heavy atom. The molecule has 2 heterocycles. The molecule has 27 heavy (non-hydrogen) atoms. The van der Waals surface area contributed by atoms with Crippen molar-refractivity contribution in [1.82, 2.24) is 15.3 Å². The maximum Gasteiger partial charge on any atom is 0.139 e. The fraction of sp³-hybridized carbons (Fsp3) is 0.389. The number of nitrogens with two attached hydrogens (primary N) is 1. The molecule has 0 unspecified atom stereocenters. The van der Waals surface area contributed by atoms with Crippen LogP contribution in [0.15, 0.2) is 48.8 Å². The van der Waals surface area contributed by atoms with E-state index in [0.29, 0.717) is 0 Å². The maximum atomic E-state index is 10.0. The molecular weight excluding hydrogens is 352 g/mol. The van der Waals surface area contributed by atoms with Crippen molar-refractivity contribution in [3.63, 3.8) is 0 Å². The lowest BCUT2D eigenvalue weighted by molar-refractivity contribution is -0.118. The van der Waals surface area contributed by atoms with E-state index >= 15 is 0 Å². The summed E-state index contributed by atoms with van der Waals surface area (Å²) in [5, 5.41) is 38.5. The summed E-state index contributed by atoms with van der Waals surface area (Å²) in [7, 11) is 0. The molecule has 0 aliphatic heterocycles. The van der Waals surface area contributed by atoms with Gasteiger partial charge in [0.05, 0.1) is 24.0 Å². The Bertz CT molecular complexity index is 593. The number of nitrogens with one attached hydrogen (secondary N) is 1. The third-order valence-corrected chi connectivity index (χ3v) is 3.55. The zero-order valence-corrected chi connectivity index (χ0v) is 14.8.